The number of hydrogen-bond donors (Lipinski definition) is 7. The van der Waals surface area contributed by atoms with Crippen LogP contribution in [-0.4, -0.2) is 77.4 Å². The van der Waals surface area contributed by atoms with Crippen LogP contribution in [0.4, 0.5) is 0 Å². The van der Waals surface area contributed by atoms with Crippen LogP contribution in [0, 0.1) is 0 Å². The Labute approximate surface area is 185 Å². The highest BCUT2D eigenvalue weighted by Crippen LogP contribution is 2.05. The summed E-state index contributed by atoms with van der Waals surface area (Å²) >= 11 is 1.41. The lowest BCUT2D eigenvalue weighted by Crippen LogP contribution is -2.57. The topological polar surface area (TPSA) is 220 Å². The molecule has 0 fully saturated rings. The first kappa shape index (κ1) is 28.6. The van der Waals surface area contributed by atoms with E-state index in [9.17, 15) is 29.1 Å². The fourth-order valence-electron chi connectivity index (χ4n) is 2.51. The molecule has 0 rings (SSSR count). The number of carboxylic acids is 1. The summed E-state index contributed by atoms with van der Waals surface area (Å²) in [6, 6.07) is -4.46. The molecule has 4 amide bonds. The van der Waals surface area contributed by atoms with Crippen LogP contribution in [0.3, 0.4) is 0 Å². The molecule has 31 heavy (non-hydrogen) atoms. The fraction of sp³-hybridized carbons (Fsp3) is 0.722. The van der Waals surface area contributed by atoms with Gasteiger partial charge < -0.3 is 38.3 Å². The highest BCUT2D eigenvalue weighted by atomic mass is 32.2. The van der Waals surface area contributed by atoms with Gasteiger partial charge in [0.15, 0.2) is 0 Å². The van der Waals surface area contributed by atoms with Crippen LogP contribution in [0.5, 0.6) is 0 Å². The lowest BCUT2D eigenvalue weighted by Gasteiger charge is -2.24. The van der Waals surface area contributed by atoms with Crippen molar-refractivity contribution >= 4 is 41.4 Å². The lowest BCUT2D eigenvalue weighted by molar-refractivity contribution is -0.142. The SMILES string of the molecule is CSCCC(NC(=O)C(CC(N)=O)NC(=O)C(CCCCN)NC(=O)C(C)N)C(=O)O. The van der Waals surface area contributed by atoms with Gasteiger partial charge in [0.25, 0.3) is 0 Å². The number of hydrogen-bond acceptors (Lipinski definition) is 8. The second-order valence-corrected chi connectivity index (χ2v) is 8.03. The first-order valence-electron chi connectivity index (χ1n) is 9.90. The molecule has 0 aromatic carbocycles. The molecule has 4 unspecified atom stereocenters. The van der Waals surface area contributed by atoms with Gasteiger partial charge in [0.2, 0.25) is 23.6 Å². The van der Waals surface area contributed by atoms with Crippen molar-refractivity contribution in [2.24, 2.45) is 17.2 Å². The van der Waals surface area contributed by atoms with E-state index >= 15 is 0 Å². The summed E-state index contributed by atoms with van der Waals surface area (Å²) in [5, 5.41) is 16.5. The molecule has 10 N–H and O–H groups in total. The minimum absolute atomic E-state index is 0.158. The zero-order valence-corrected chi connectivity index (χ0v) is 18.7. The van der Waals surface area contributed by atoms with Gasteiger partial charge in [0.1, 0.15) is 18.1 Å². The number of carbonyl (C=O) groups is 5. The van der Waals surface area contributed by atoms with Gasteiger partial charge in [-0.15, -0.1) is 0 Å². The summed E-state index contributed by atoms with van der Waals surface area (Å²) in [5.74, 6) is -3.77. The van der Waals surface area contributed by atoms with Gasteiger partial charge in [0, 0.05) is 0 Å². The molecule has 13 heteroatoms. The van der Waals surface area contributed by atoms with E-state index in [1.165, 1.54) is 18.7 Å². The molecule has 0 aromatic rings. The first-order valence-corrected chi connectivity index (χ1v) is 11.3. The highest BCUT2D eigenvalue weighted by molar-refractivity contribution is 7.98. The van der Waals surface area contributed by atoms with Crippen molar-refractivity contribution in [2.75, 3.05) is 18.6 Å². The van der Waals surface area contributed by atoms with E-state index < -0.39 is 60.2 Å². The van der Waals surface area contributed by atoms with E-state index in [0.717, 1.165) is 0 Å². The molecule has 0 aromatic heterocycles. The Morgan fingerprint density at radius 2 is 1.45 bits per heavy atom. The quantitative estimate of drug-likeness (QED) is 0.122. The maximum absolute atomic E-state index is 12.7. The number of amides is 4. The number of carbonyl (C=O) groups excluding carboxylic acids is 4. The molecule has 4 atom stereocenters. The van der Waals surface area contributed by atoms with Crippen LogP contribution in [-0.2, 0) is 24.0 Å². The van der Waals surface area contributed by atoms with E-state index in [-0.39, 0.29) is 12.8 Å². The van der Waals surface area contributed by atoms with E-state index in [1.807, 2.05) is 0 Å². The number of unbranched alkanes of at least 4 members (excludes halogenated alkanes) is 1. The number of thioether (sulfide) groups is 1. The summed E-state index contributed by atoms with van der Waals surface area (Å²) in [6.07, 6.45) is 2.78. The van der Waals surface area contributed by atoms with Gasteiger partial charge >= 0.3 is 5.97 Å². The van der Waals surface area contributed by atoms with E-state index in [1.54, 1.807) is 6.26 Å². The predicted octanol–water partition coefficient (Wildman–Crippen LogP) is -2.37. The van der Waals surface area contributed by atoms with Crippen LogP contribution in [0.15, 0.2) is 0 Å². The monoisotopic (exact) mass is 462 g/mol. The summed E-state index contributed by atoms with van der Waals surface area (Å²) in [6.45, 7) is 1.85. The van der Waals surface area contributed by atoms with Gasteiger partial charge in [-0.25, -0.2) is 4.79 Å². The molecule has 0 spiro atoms. The van der Waals surface area contributed by atoms with Crippen LogP contribution < -0.4 is 33.2 Å². The summed E-state index contributed by atoms with van der Waals surface area (Å²) in [4.78, 5) is 60.0. The summed E-state index contributed by atoms with van der Waals surface area (Å²) in [7, 11) is 0. The van der Waals surface area contributed by atoms with Crippen LogP contribution >= 0.6 is 11.8 Å². The maximum atomic E-state index is 12.7. The van der Waals surface area contributed by atoms with Crippen LogP contribution in [0.2, 0.25) is 0 Å². The molecule has 12 nitrogen and oxygen atoms in total. The highest BCUT2D eigenvalue weighted by Gasteiger charge is 2.30. The zero-order chi connectivity index (χ0) is 24.0. The molecule has 0 saturated carbocycles. The molecule has 0 saturated heterocycles. The first-order chi connectivity index (χ1) is 14.5. The van der Waals surface area contributed by atoms with Crippen molar-refractivity contribution in [3.63, 3.8) is 0 Å². The number of nitrogens with two attached hydrogens (primary N) is 3. The standard InChI is InChI=1S/C18H34N6O6S/c1-10(20)15(26)22-11(5-3-4-7-19)16(27)24-13(9-14(21)25)17(28)23-12(18(29)30)6-8-31-2/h10-13H,3-9,19-20H2,1-2H3,(H2,21,25)(H,22,26)(H,23,28)(H,24,27)(H,29,30). The Bertz CT molecular complexity index is 633. The number of carboxylic acid groups (broad SMARTS) is 1. The summed E-state index contributed by atoms with van der Waals surface area (Å²) < 4.78 is 0. The molecule has 0 aliphatic rings. The van der Waals surface area contributed by atoms with Crippen LogP contribution in [0.1, 0.15) is 39.0 Å². The average Bonchev–Trinajstić information content (AvgIpc) is 2.68. The van der Waals surface area contributed by atoms with E-state index in [4.69, 9.17) is 17.2 Å². The second-order valence-electron chi connectivity index (χ2n) is 7.05. The third-order valence-corrected chi connectivity index (χ3v) is 4.90. The normalized spacial score (nSPS) is 14.6. The predicted molar refractivity (Wildman–Crippen MR) is 117 cm³/mol. The molecule has 0 heterocycles. The lowest BCUT2D eigenvalue weighted by atomic mass is 10.1. The summed E-state index contributed by atoms with van der Waals surface area (Å²) in [5.41, 5.74) is 16.2. The number of nitrogens with one attached hydrogen (secondary N) is 3. The van der Waals surface area contributed by atoms with E-state index in [0.29, 0.717) is 25.1 Å². The third-order valence-electron chi connectivity index (χ3n) is 4.26. The fourth-order valence-corrected chi connectivity index (χ4v) is 2.98. The minimum atomic E-state index is -1.40. The largest absolute Gasteiger partial charge is 0.480 e. The van der Waals surface area contributed by atoms with Crippen molar-refractivity contribution in [1.29, 1.82) is 0 Å². The van der Waals surface area contributed by atoms with Gasteiger partial charge in [-0.05, 0) is 51.2 Å². The van der Waals surface area contributed by atoms with Crippen molar-refractivity contribution in [2.45, 2.75) is 63.2 Å². The molecule has 178 valence electrons. The molecular weight excluding hydrogens is 428 g/mol. The average molecular weight is 463 g/mol. The molecule has 0 aliphatic carbocycles. The molecule has 0 radical (unpaired) electrons. The number of rotatable bonds is 16. The zero-order valence-electron chi connectivity index (χ0n) is 17.9. The van der Waals surface area contributed by atoms with Crippen molar-refractivity contribution in [3.8, 4) is 0 Å². The van der Waals surface area contributed by atoms with Gasteiger partial charge in [-0.2, -0.15) is 11.8 Å². The second kappa shape index (κ2) is 15.4. The van der Waals surface area contributed by atoms with Crippen molar-refractivity contribution < 1.29 is 29.1 Å². The Kier molecular flexibility index (Phi) is 14.2. The van der Waals surface area contributed by atoms with Crippen molar-refractivity contribution in [1.82, 2.24) is 16.0 Å². The number of aliphatic carboxylic acids is 1. The van der Waals surface area contributed by atoms with Gasteiger partial charge in [0.05, 0.1) is 12.5 Å². The Morgan fingerprint density at radius 3 is 1.94 bits per heavy atom. The molecule has 0 bridgehead atoms. The smallest absolute Gasteiger partial charge is 0.326 e. The van der Waals surface area contributed by atoms with Crippen LogP contribution in [0.25, 0.3) is 0 Å². The maximum Gasteiger partial charge on any atom is 0.326 e. The number of primary amides is 1. The Balaban J connectivity index is 5.37. The van der Waals surface area contributed by atoms with Gasteiger partial charge in [-0.3, -0.25) is 19.2 Å². The van der Waals surface area contributed by atoms with Gasteiger partial charge in [-0.1, -0.05) is 0 Å². The minimum Gasteiger partial charge on any atom is -0.480 e. The van der Waals surface area contributed by atoms with E-state index in [2.05, 4.69) is 16.0 Å². The Hall–Kier alpha value is -2.38. The van der Waals surface area contributed by atoms with Crippen molar-refractivity contribution in [3.05, 3.63) is 0 Å². The molecule has 0 aliphatic heterocycles. The third kappa shape index (κ3) is 12.2. The molecular formula is C18H34N6O6S. The Morgan fingerprint density at radius 1 is 0.903 bits per heavy atom.